The third kappa shape index (κ3) is 3.28. The second kappa shape index (κ2) is 5.80. The van der Waals surface area contributed by atoms with Crippen LogP contribution >= 0.6 is 38.9 Å². The van der Waals surface area contributed by atoms with Crippen molar-refractivity contribution in [3.05, 3.63) is 19.8 Å². The Labute approximate surface area is 126 Å². The summed E-state index contributed by atoms with van der Waals surface area (Å²) in [6, 6.07) is 3.05. The van der Waals surface area contributed by atoms with E-state index < -0.39 is 0 Å². The van der Waals surface area contributed by atoms with Gasteiger partial charge in [0.05, 0.1) is 0 Å². The van der Waals surface area contributed by atoms with Crippen LogP contribution in [0.2, 0.25) is 4.34 Å². The molecule has 2 aliphatic rings. The van der Waals surface area contributed by atoms with Gasteiger partial charge in [0.1, 0.15) is 4.34 Å². The van der Waals surface area contributed by atoms with Crippen molar-refractivity contribution in [1.82, 2.24) is 10.2 Å². The van der Waals surface area contributed by atoms with Crippen LogP contribution in [0.1, 0.15) is 24.1 Å². The molecule has 5 heteroatoms. The predicted octanol–water partition coefficient (Wildman–Crippen LogP) is 3.74. The second-order valence-corrected chi connectivity index (χ2v) is 7.94. The molecule has 1 saturated heterocycles. The molecule has 1 aliphatic carbocycles. The maximum atomic E-state index is 6.03. The zero-order chi connectivity index (χ0) is 12.5. The van der Waals surface area contributed by atoms with E-state index in [4.69, 9.17) is 11.6 Å². The fourth-order valence-electron chi connectivity index (χ4n) is 2.68. The molecule has 1 unspecified atom stereocenters. The Bertz CT molecular complexity index is 400. The second-order valence-electron chi connectivity index (χ2n) is 5.35. The minimum absolute atomic E-state index is 0.837. The normalized spacial score (nSPS) is 24.9. The zero-order valence-corrected chi connectivity index (χ0v) is 13.5. The number of hydrogen-bond acceptors (Lipinski definition) is 3. The predicted molar refractivity (Wildman–Crippen MR) is 81.4 cm³/mol. The topological polar surface area (TPSA) is 15.3 Å². The van der Waals surface area contributed by atoms with Crippen molar-refractivity contribution in [3.8, 4) is 0 Å². The monoisotopic (exact) mass is 348 g/mol. The Morgan fingerprint density at radius 2 is 2.28 bits per heavy atom. The van der Waals surface area contributed by atoms with Crippen LogP contribution in [0, 0.1) is 5.92 Å². The fourth-order valence-corrected chi connectivity index (χ4v) is 4.44. The van der Waals surface area contributed by atoms with Crippen molar-refractivity contribution in [2.45, 2.75) is 31.8 Å². The smallest absolute Gasteiger partial charge is 0.107 e. The van der Waals surface area contributed by atoms with E-state index in [1.165, 1.54) is 37.2 Å². The van der Waals surface area contributed by atoms with Crippen LogP contribution < -0.4 is 5.32 Å². The molecular formula is C13H18BrClN2S. The van der Waals surface area contributed by atoms with E-state index in [0.29, 0.717) is 0 Å². The molecule has 2 nitrogen and oxygen atoms in total. The Hall–Kier alpha value is 0.390. The van der Waals surface area contributed by atoms with Gasteiger partial charge in [0.15, 0.2) is 0 Å². The number of rotatable bonds is 5. The first-order valence-electron chi connectivity index (χ1n) is 6.61. The van der Waals surface area contributed by atoms with Gasteiger partial charge in [0.25, 0.3) is 0 Å². The molecule has 2 heterocycles. The third-order valence-corrected chi connectivity index (χ3v) is 6.28. The molecule has 0 bridgehead atoms. The van der Waals surface area contributed by atoms with Gasteiger partial charge < -0.3 is 10.2 Å². The maximum absolute atomic E-state index is 6.03. The highest BCUT2D eigenvalue weighted by molar-refractivity contribution is 9.10. The number of halogens is 2. The van der Waals surface area contributed by atoms with E-state index in [0.717, 1.165) is 33.9 Å². The van der Waals surface area contributed by atoms with Crippen molar-refractivity contribution >= 4 is 38.9 Å². The Kier molecular flexibility index (Phi) is 4.31. The lowest BCUT2D eigenvalue weighted by Gasteiger charge is -2.14. The standard InChI is InChI=1S/C13H18BrClN2S/c14-12-5-11(18-13(12)15)7-16-6-9-3-4-17(8-9)10-1-2-10/h5,9-10,16H,1-4,6-8H2. The van der Waals surface area contributed by atoms with Crippen LogP contribution in [0.4, 0.5) is 0 Å². The summed E-state index contributed by atoms with van der Waals surface area (Å²) in [6.07, 6.45) is 4.22. The molecular weight excluding hydrogens is 332 g/mol. The van der Waals surface area contributed by atoms with Gasteiger partial charge in [-0.05, 0) is 60.3 Å². The summed E-state index contributed by atoms with van der Waals surface area (Å²) >= 11 is 11.1. The molecule has 1 aromatic heterocycles. The molecule has 0 amide bonds. The van der Waals surface area contributed by atoms with Crippen LogP contribution in [-0.4, -0.2) is 30.6 Å². The van der Waals surface area contributed by atoms with Gasteiger partial charge in [-0.15, -0.1) is 11.3 Å². The first kappa shape index (κ1) is 13.4. The van der Waals surface area contributed by atoms with E-state index in [1.807, 2.05) is 0 Å². The van der Waals surface area contributed by atoms with Crippen LogP contribution in [0.15, 0.2) is 10.5 Å². The van der Waals surface area contributed by atoms with Crippen molar-refractivity contribution < 1.29 is 0 Å². The minimum atomic E-state index is 0.837. The summed E-state index contributed by atoms with van der Waals surface area (Å²) in [7, 11) is 0. The quantitative estimate of drug-likeness (QED) is 0.871. The summed E-state index contributed by atoms with van der Waals surface area (Å²) in [5.74, 6) is 0.837. The average Bonchev–Trinajstić information content (AvgIpc) is 3.01. The number of hydrogen-bond donors (Lipinski definition) is 1. The Balaban J connectivity index is 1.39. The molecule has 1 aliphatic heterocycles. The van der Waals surface area contributed by atoms with E-state index >= 15 is 0 Å². The molecule has 1 aromatic rings. The van der Waals surface area contributed by atoms with Gasteiger partial charge in [-0.3, -0.25) is 0 Å². The summed E-state index contributed by atoms with van der Waals surface area (Å²) in [6.45, 7) is 4.69. The van der Waals surface area contributed by atoms with Gasteiger partial charge in [-0.2, -0.15) is 0 Å². The van der Waals surface area contributed by atoms with Crippen LogP contribution in [0.25, 0.3) is 0 Å². The van der Waals surface area contributed by atoms with Gasteiger partial charge in [0.2, 0.25) is 0 Å². The van der Waals surface area contributed by atoms with Gasteiger partial charge in [0, 0.05) is 28.5 Å². The minimum Gasteiger partial charge on any atom is -0.312 e. The fraction of sp³-hybridized carbons (Fsp3) is 0.692. The first-order valence-corrected chi connectivity index (χ1v) is 8.59. The molecule has 1 N–H and O–H groups in total. The molecule has 100 valence electrons. The number of nitrogens with one attached hydrogen (secondary N) is 1. The van der Waals surface area contributed by atoms with Crippen LogP contribution in [0.5, 0.6) is 0 Å². The number of likely N-dealkylation sites (tertiary alicyclic amines) is 1. The number of thiophene rings is 1. The van der Waals surface area contributed by atoms with Gasteiger partial charge >= 0.3 is 0 Å². The lowest BCUT2D eigenvalue weighted by Crippen LogP contribution is -2.27. The van der Waals surface area contributed by atoms with E-state index in [9.17, 15) is 0 Å². The lowest BCUT2D eigenvalue weighted by atomic mass is 10.1. The largest absolute Gasteiger partial charge is 0.312 e. The van der Waals surface area contributed by atoms with Gasteiger partial charge in [-0.25, -0.2) is 0 Å². The maximum Gasteiger partial charge on any atom is 0.107 e. The van der Waals surface area contributed by atoms with Crippen LogP contribution in [-0.2, 0) is 6.54 Å². The molecule has 1 saturated carbocycles. The van der Waals surface area contributed by atoms with Crippen molar-refractivity contribution in [3.63, 3.8) is 0 Å². The van der Waals surface area contributed by atoms with E-state index in [2.05, 4.69) is 32.2 Å². The highest BCUT2D eigenvalue weighted by atomic mass is 79.9. The van der Waals surface area contributed by atoms with Crippen molar-refractivity contribution in [2.24, 2.45) is 5.92 Å². The average molecular weight is 350 g/mol. The van der Waals surface area contributed by atoms with E-state index in [1.54, 1.807) is 11.3 Å². The van der Waals surface area contributed by atoms with Crippen molar-refractivity contribution in [2.75, 3.05) is 19.6 Å². The first-order chi connectivity index (χ1) is 8.72. The summed E-state index contributed by atoms with van der Waals surface area (Å²) in [4.78, 5) is 3.98. The third-order valence-electron chi connectivity index (χ3n) is 3.81. The molecule has 0 radical (unpaired) electrons. The van der Waals surface area contributed by atoms with Crippen LogP contribution in [0.3, 0.4) is 0 Å². The number of nitrogens with zero attached hydrogens (tertiary/aromatic N) is 1. The summed E-state index contributed by atoms with van der Waals surface area (Å²) < 4.78 is 1.87. The zero-order valence-electron chi connectivity index (χ0n) is 10.3. The molecule has 2 fully saturated rings. The summed E-state index contributed by atoms with van der Waals surface area (Å²) in [5.41, 5.74) is 0. The van der Waals surface area contributed by atoms with Crippen molar-refractivity contribution in [1.29, 1.82) is 0 Å². The van der Waals surface area contributed by atoms with Gasteiger partial charge in [-0.1, -0.05) is 11.6 Å². The highest BCUT2D eigenvalue weighted by Crippen LogP contribution is 2.33. The lowest BCUT2D eigenvalue weighted by molar-refractivity contribution is 0.312. The molecule has 18 heavy (non-hydrogen) atoms. The molecule has 3 rings (SSSR count). The Morgan fingerprint density at radius 1 is 1.44 bits per heavy atom. The Morgan fingerprint density at radius 3 is 2.94 bits per heavy atom. The summed E-state index contributed by atoms with van der Waals surface area (Å²) in [5, 5.41) is 3.57. The molecule has 0 spiro atoms. The van der Waals surface area contributed by atoms with E-state index in [-0.39, 0.29) is 0 Å². The molecule has 0 aromatic carbocycles. The SMILES string of the molecule is Clc1sc(CNCC2CCN(C3CC3)C2)cc1Br. The molecule has 1 atom stereocenters. The highest BCUT2D eigenvalue weighted by Gasteiger charge is 2.33.